The van der Waals surface area contributed by atoms with Crippen LogP contribution in [0.3, 0.4) is 0 Å². The Morgan fingerprint density at radius 2 is 1.75 bits per heavy atom. The maximum Gasteiger partial charge on any atom is 0.573 e. The number of nitrogens with zero attached hydrogens (tertiary/aromatic N) is 2. The molecule has 0 amide bonds. The van der Waals surface area contributed by atoms with E-state index in [2.05, 4.69) is 14.7 Å². The Balaban J connectivity index is 2.29. The molecule has 8 heteroatoms. The van der Waals surface area contributed by atoms with Gasteiger partial charge in [0.15, 0.2) is 11.5 Å². The first-order chi connectivity index (χ1) is 9.33. The molecule has 0 unspecified atom stereocenters. The number of aryl methyl sites for hydroxylation is 1. The molecule has 0 aliphatic carbocycles. The summed E-state index contributed by atoms with van der Waals surface area (Å²) in [5.41, 5.74) is 0. The van der Waals surface area contributed by atoms with Crippen molar-refractivity contribution in [1.29, 1.82) is 0 Å². The van der Waals surface area contributed by atoms with Crippen molar-refractivity contribution in [3.63, 3.8) is 0 Å². The first-order valence-corrected chi connectivity index (χ1v) is 5.75. The molecule has 2 rings (SSSR count). The van der Waals surface area contributed by atoms with Crippen LogP contribution in [0.4, 0.5) is 13.2 Å². The van der Waals surface area contributed by atoms with Gasteiger partial charge in [0.2, 0.25) is 5.88 Å². The number of para-hydroxylation sites is 2. The molecule has 2 aromatic rings. The van der Waals surface area contributed by atoms with Gasteiger partial charge in [0, 0.05) is 6.07 Å². The van der Waals surface area contributed by atoms with Gasteiger partial charge >= 0.3 is 6.36 Å². The van der Waals surface area contributed by atoms with Gasteiger partial charge in [0.1, 0.15) is 11.0 Å². The van der Waals surface area contributed by atoms with Crippen LogP contribution in [-0.2, 0) is 0 Å². The second-order valence-electron chi connectivity index (χ2n) is 3.67. The monoisotopic (exact) mass is 304 g/mol. The second-order valence-corrected chi connectivity index (χ2v) is 4.06. The van der Waals surface area contributed by atoms with E-state index in [1.807, 2.05) is 0 Å². The highest BCUT2D eigenvalue weighted by molar-refractivity contribution is 6.29. The van der Waals surface area contributed by atoms with E-state index >= 15 is 0 Å². The van der Waals surface area contributed by atoms with Crippen molar-refractivity contribution >= 4 is 11.6 Å². The topological polar surface area (TPSA) is 44.2 Å². The van der Waals surface area contributed by atoms with Gasteiger partial charge in [-0.25, -0.2) is 4.98 Å². The molecular weight excluding hydrogens is 297 g/mol. The normalized spacial score (nSPS) is 11.2. The van der Waals surface area contributed by atoms with Crippen molar-refractivity contribution in [2.24, 2.45) is 0 Å². The highest BCUT2D eigenvalue weighted by atomic mass is 35.5. The van der Waals surface area contributed by atoms with Crippen LogP contribution in [0.2, 0.25) is 5.15 Å². The molecule has 0 saturated carbocycles. The Kier molecular flexibility index (Phi) is 3.99. The molecular formula is C12H8ClF3N2O2. The number of benzene rings is 1. The average Bonchev–Trinajstić information content (AvgIpc) is 2.28. The van der Waals surface area contributed by atoms with E-state index in [0.29, 0.717) is 5.82 Å². The zero-order valence-electron chi connectivity index (χ0n) is 10.1. The minimum absolute atomic E-state index is 0.0284. The number of hydrogen-bond donors (Lipinski definition) is 0. The van der Waals surface area contributed by atoms with Crippen LogP contribution < -0.4 is 9.47 Å². The molecule has 0 saturated heterocycles. The number of aromatic nitrogens is 2. The van der Waals surface area contributed by atoms with Crippen LogP contribution in [0.15, 0.2) is 30.3 Å². The van der Waals surface area contributed by atoms with Crippen molar-refractivity contribution in [3.8, 4) is 17.4 Å². The molecule has 0 fully saturated rings. The maximum absolute atomic E-state index is 12.3. The molecule has 0 aliphatic rings. The summed E-state index contributed by atoms with van der Waals surface area (Å²) in [7, 11) is 0. The number of ether oxygens (including phenoxy) is 2. The minimum Gasteiger partial charge on any atom is -0.435 e. The van der Waals surface area contributed by atoms with Crippen molar-refractivity contribution < 1.29 is 22.6 Å². The molecule has 1 heterocycles. The van der Waals surface area contributed by atoms with Gasteiger partial charge in [-0.1, -0.05) is 23.7 Å². The lowest BCUT2D eigenvalue weighted by Crippen LogP contribution is -2.17. The SMILES string of the molecule is Cc1nc(Cl)cc(Oc2ccccc2OC(F)(F)F)n1. The van der Waals surface area contributed by atoms with Crippen LogP contribution in [0.25, 0.3) is 0 Å². The largest absolute Gasteiger partial charge is 0.573 e. The van der Waals surface area contributed by atoms with Gasteiger partial charge in [-0.3, -0.25) is 0 Å². The zero-order valence-corrected chi connectivity index (χ0v) is 10.9. The third-order valence-corrected chi connectivity index (χ3v) is 2.27. The van der Waals surface area contributed by atoms with Gasteiger partial charge < -0.3 is 9.47 Å². The molecule has 0 aliphatic heterocycles. The van der Waals surface area contributed by atoms with E-state index < -0.39 is 12.1 Å². The van der Waals surface area contributed by atoms with Crippen molar-refractivity contribution in [2.75, 3.05) is 0 Å². The van der Waals surface area contributed by atoms with E-state index in [4.69, 9.17) is 16.3 Å². The van der Waals surface area contributed by atoms with Gasteiger partial charge in [0.05, 0.1) is 0 Å². The van der Waals surface area contributed by atoms with Crippen molar-refractivity contribution in [3.05, 3.63) is 41.3 Å². The molecule has 0 atom stereocenters. The first kappa shape index (κ1) is 14.4. The summed E-state index contributed by atoms with van der Waals surface area (Å²) in [6.45, 7) is 1.58. The van der Waals surface area contributed by atoms with Gasteiger partial charge in [-0.2, -0.15) is 4.98 Å². The van der Waals surface area contributed by atoms with E-state index in [1.54, 1.807) is 6.92 Å². The predicted molar refractivity (Wildman–Crippen MR) is 65.0 cm³/mol. The molecule has 1 aromatic carbocycles. The highest BCUT2D eigenvalue weighted by Crippen LogP contribution is 2.34. The fourth-order valence-corrected chi connectivity index (χ4v) is 1.63. The third-order valence-electron chi connectivity index (χ3n) is 2.07. The van der Waals surface area contributed by atoms with Crippen LogP contribution in [0.5, 0.6) is 17.4 Å². The Morgan fingerprint density at radius 1 is 1.10 bits per heavy atom. The van der Waals surface area contributed by atoms with E-state index in [1.165, 1.54) is 24.3 Å². The molecule has 1 aromatic heterocycles. The van der Waals surface area contributed by atoms with Crippen LogP contribution >= 0.6 is 11.6 Å². The molecule has 0 bridgehead atoms. The fraction of sp³-hybridized carbons (Fsp3) is 0.167. The standard InChI is InChI=1S/C12H8ClF3N2O2/c1-7-17-10(13)6-11(18-7)19-8-4-2-3-5-9(8)20-12(14,15)16/h2-6H,1H3. The molecule has 4 nitrogen and oxygen atoms in total. The summed E-state index contributed by atoms with van der Waals surface area (Å²) in [5, 5.41) is 0.127. The smallest absolute Gasteiger partial charge is 0.435 e. The van der Waals surface area contributed by atoms with Crippen molar-refractivity contribution in [1.82, 2.24) is 9.97 Å². The molecule has 0 spiro atoms. The highest BCUT2D eigenvalue weighted by Gasteiger charge is 2.32. The summed E-state index contributed by atoms with van der Waals surface area (Å²) in [5.74, 6) is -0.228. The lowest BCUT2D eigenvalue weighted by atomic mass is 10.3. The summed E-state index contributed by atoms with van der Waals surface area (Å²) in [6, 6.07) is 6.66. The lowest BCUT2D eigenvalue weighted by Gasteiger charge is -2.13. The maximum atomic E-state index is 12.3. The second kappa shape index (κ2) is 5.54. The Morgan fingerprint density at radius 3 is 2.35 bits per heavy atom. The van der Waals surface area contributed by atoms with E-state index in [-0.39, 0.29) is 16.8 Å². The summed E-state index contributed by atoms with van der Waals surface area (Å²) in [6.07, 6.45) is -4.81. The summed E-state index contributed by atoms with van der Waals surface area (Å²) >= 11 is 5.72. The molecule has 106 valence electrons. The van der Waals surface area contributed by atoms with Gasteiger partial charge in [-0.15, -0.1) is 13.2 Å². The van der Waals surface area contributed by atoms with Crippen LogP contribution in [0.1, 0.15) is 5.82 Å². The average molecular weight is 305 g/mol. The van der Waals surface area contributed by atoms with E-state index in [0.717, 1.165) is 6.07 Å². The number of halogens is 4. The van der Waals surface area contributed by atoms with Gasteiger partial charge in [-0.05, 0) is 19.1 Å². The first-order valence-electron chi connectivity index (χ1n) is 5.37. The number of rotatable bonds is 3. The lowest BCUT2D eigenvalue weighted by molar-refractivity contribution is -0.275. The Bertz CT molecular complexity index is 600. The zero-order chi connectivity index (χ0) is 14.8. The van der Waals surface area contributed by atoms with Crippen LogP contribution in [0, 0.1) is 6.92 Å². The van der Waals surface area contributed by atoms with Crippen LogP contribution in [-0.4, -0.2) is 16.3 Å². The fourth-order valence-electron chi connectivity index (χ4n) is 1.41. The predicted octanol–water partition coefficient (Wildman–Crippen LogP) is 4.13. The number of hydrogen-bond acceptors (Lipinski definition) is 4. The quantitative estimate of drug-likeness (QED) is 0.800. The molecule has 20 heavy (non-hydrogen) atoms. The summed E-state index contributed by atoms with van der Waals surface area (Å²) < 4.78 is 45.9. The van der Waals surface area contributed by atoms with E-state index in [9.17, 15) is 13.2 Å². The number of alkyl halides is 3. The molecule has 0 N–H and O–H groups in total. The third kappa shape index (κ3) is 3.99. The Labute approximate surface area is 117 Å². The minimum atomic E-state index is -4.81. The Hall–Kier alpha value is -2.02. The van der Waals surface area contributed by atoms with Crippen molar-refractivity contribution in [2.45, 2.75) is 13.3 Å². The molecule has 0 radical (unpaired) electrons. The van der Waals surface area contributed by atoms with Gasteiger partial charge in [0.25, 0.3) is 0 Å². The summed E-state index contributed by atoms with van der Waals surface area (Å²) in [4.78, 5) is 7.73.